The van der Waals surface area contributed by atoms with Gasteiger partial charge in [-0.1, -0.05) is 18.2 Å². The van der Waals surface area contributed by atoms with Crippen LogP contribution in [0.4, 0.5) is 0 Å². The number of hydrogen-bond acceptors (Lipinski definition) is 3. The third kappa shape index (κ3) is 1.91. The number of aromatic nitrogens is 2. The number of nitrogens with zero attached hydrogens (tertiary/aromatic N) is 2. The van der Waals surface area contributed by atoms with E-state index in [1.165, 1.54) is 12.8 Å². The minimum Gasteiger partial charge on any atom is -0.463 e. The van der Waals surface area contributed by atoms with Gasteiger partial charge in [0.15, 0.2) is 0 Å². The van der Waals surface area contributed by atoms with Crippen molar-refractivity contribution in [1.82, 2.24) is 9.97 Å². The molecule has 3 nitrogen and oxygen atoms in total. The molecular formula is C12H12N2O. The Morgan fingerprint density at radius 1 is 1.27 bits per heavy atom. The number of ether oxygens (including phenoxy) is 1. The summed E-state index contributed by atoms with van der Waals surface area (Å²) in [5.41, 5.74) is 0.943. The highest BCUT2D eigenvalue weighted by molar-refractivity contribution is 5.77. The summed E-state index contributed by atoms with van der Waals surface area (Å²) < 4.78 is 5.52. The fourth-order valence-corrected chi connectivity index (χ4v) is 1.50. The number of fused-ring (bicyclic) bond motifs is 1. The number of hydrogen-bond donors (Lipinski definition) is 0. The number of benzene rings is 1. The van der Waals surface area contributed by atoms with Crippen LogP contribution < -0.4 is 4.74 Å². The van der Waals surface area contributed by atoms with E-state index in [1.54, 1.807) is 0 Å². The summed E-state index contributed by atoms with van der Waals surface area (Å²) in [5, 5.41) is 1.05. The maximum atomic E-state index is 5.52. The molecule has 0 N–H and O–H groups in total. The van der Waals surface area contributed by atoms with Crippen molar-refractivity contribution in [3.63, 3.8) is 0 Å². The zero-order valence-corrected chi connectivity index (χ0v) is 8.39. The Morgan fingerprint density at radius 2 is 2.13 bits per heavy atom. The molecule has 1 fully saturated rings. The van der Waals surface area contributed by atoms with Gasteiger partial charge in [-0.25, -0.2) is 4.98 Å². The standard InChI is InChI=1S/C12H12N2O/c1-2-4-11-10(3-1)7-13-12(14-11)15-8-9-5-6-9/h1-4,7,9H,5-6,8H2. The van der Waals surface area contributed by atoms with Gasteiger partial charge in [-0.2, -0.15) is 4.98 Å². The maximum Gasteiger partial charge on any atom is 0.316 e. The first-order valence-corrected chi connectivity index (χ1v) is 5.26. The zero-order chi connectivity index (χ0) is 10.1. The molecule has 0 bridgehead atoms. The minimum atomic E-state index is 0.501. The van der Waals surface area contributed by atoms with Crippen molar-refractivity contribution < 1.29 is 4.74 Å². The molecule has 0 amide bonds. The van der Waals surface area contributed by atoms with E-state index in [2.05, 4.69) is 9.97 Å². The first-order chi connectivity index (χ1) is 7.42. The fourth-order valence-electron chi connectivity index (χ4n) is 1.50. The highest BCUT2D eigenvalue weighted by atomic mass is 16.5. The van der Waals surface area contributed by atoms with Crippen LogP contribution in [0.3, 0.4) is 0 Å². The molecule has 0 atom stereocenters. The van der Waals surface area contributed by atoms with E-state index in [0.717, 1.165) is 23.4 Å². The molecular weight excluding hydrogens is 188 g/mol. The first-order valence-electron chi connectivity index (χ1n) is 5.26. The second-order valence-electron chi connectivity index (χ2n) is 3.97. The summed E-state index contributed by atoms with van der Waals surface area (Å²) in [5.74, 6) is 0.736. The lowest BCUT2D eigenvalue weighted by molar-refractivity contribution is 0.277. The SMILES string of the molecule is c1ccc2nc(OCC3CC3)ncc2c1. The molecule has 0 spiro atoms. The highest BCUT2D eigenvalue weighted by Crippen LogP contribution is 2.29. The van der Waals surface area contributed by atoms with E-state index in [9.17, 15) is 0 Å². The molecule has 3 heteroatoms. The number of para-hydroxylation sites is 1. The van der Waals surface area contributed by atoms with E-state index < -0.39 is 0 Å². The Hall–Kier alpha value is -1.64. The molecule has 1 aromatic heterocycles. The molecule has 15 heavy (non-hydrogen) atoms. The van der Waals surface area contributed by atoms with Crippen molar-refractivity contribution in [2.75, 3.05) is 6.61 Å². The van der Waals surface area contributed by atoms with E-state index in [0.29, 0.717) is 6.01 Å². The molecule has 0 aliphatic heterocycles. The third-order valence-corrected chi connectivity index (χ3v) is 2.61. The van der Waals surface area contributed by atoms with Gasteiger partial charge in [0.25, 0.3) is 0 Å². The van der Waals surface area contributed by atoms with Crippen LogP contribution in [0.5, 0.6) is 6.01 Å². The molecule has 1 saturated carbocycles. The minimum absolute atomic E-state index is 0.501. The molecule has 1 aliphatic carbocycles. The zero-order valence-electron chi connectivity index (χ0n) is 8.39. The van der Waals surface area contributed by atoms with Crippen molar-refractivity contribution in [1.29, 1.82) is 0 Å². The summed E-state index contributed by atoms with van der Waals surface area (Å²) >= 11 is 0. The second kappa shape index (κ2) is 3.50. The van der Waals surface area contributed by atoms with Crippen LogP contribution in [0.1, 0.15) is 12.8 Å². The van der Waals surface area contributed by atoms with Gasteiger partial charge >= 0.3 is 6.01 Å². The van der Waals surface area contributed by atoms with Crippen LogP contribution in [0.15, 0.2) is 30.5 Å². The van der Waals surface area contributed by atoms with Crippen LogP contribution >= 0.6 is 0 Å². The van der Waals surface area contributed by atoms with Gasteiger partial charge in [0.2, 0.25) is 0 Å². The quantitative estimate of drug-likeness (QED) is 0.763. The predicted molar refractivity (Wildman–Crippen MR) is 57.8 cm³/mol. The molecule has 1 aliphatic rings. The van der Waals surface area contributed by atoms with E-state index >= 15 is 0 Å². The largest absolute Gasteiger partial charge is 0.463 e. The molecule has 2 aromatic rings. The summed E-state index contributed by atoms with van der Waals surface area (Å²) in [6.07, 6.45) is 4.38. The lowest BCUT2D eigenvalue weighted by atomic mass is 10.2. The summed E-state index contributed by atoms with van der Waals surface area (Å²) in [7, 11) is 0. The van der Waals surface area contributed by atoms with Crippen LogP contribution in [0, 0.1) is 5.92 Å². The van der Waals surface area contributed by atoms with E-state index in [-0.39, 0.29) is 0 Å². The summed E-state index contributed by atoms with van der Waals surface area (Å²) in [6, 6.07) is 8.43. The number of rotatable bonds is 3. The van der Waals surface area contributed by atoms with Crippen LogP contribution in [-0.4, -0.2) is 16.6 Å². The predicted octanol–water partition coefficient (Wildman–Crippen LogP) is 2.42. The summed E-state index contributed by atoms with van der Waals surface area (Å²) in [6.45, 7) is 0.762. The molecule has 0 saturated heterocycles. The van der Waals surface area contributed by atoms with Crippen molar-refractivity contribution in [3.05, 3.63) is 30.5 Å². The van der Waals surface area contributed by atoms with E-state index in [1.807, 2.05) is 30.5 Å². The maximum absolute atomic E-state index is 5.52. The smallest absolute Gasteiger partial charge is 0.316 e. The Labute approximate surface area is 88.1 Å². The van der Waals surface area contributed by atoms with Crippen molar-refractivity contribution in [2.24, 2.45) is 5.92 Å². The Morgan fingerprint density at radius 3 is 3.00 bits per heavy atom. The summed E-state index contributed by atoms with van der Waals surface area (Å²) in [4.78, 5) is 8.51. The monoisotopic (exact) mass is 200 g/mol. The Bertz CT molecular complexity index is 480. The molecule has 1 aromatic carbocycles. The van der Waals surface area contributed by atoms with Crippen LogP contribution in [-0.2, 0) is 0 Å². The van der Waals surface area contributed by atoms with Gasteiger partial charge in [-0.05, 0) is 24.8 Å². The average Bonchev–Trinajstić information content (AvgIpc) is 3.10. The van der Waals surface area contributed by atoms with Crippen LogP contribution in [0.2, 0.25) is 0 Å². The lowest BCUT2D eigenvalue weighted by Crippen LogP contribution is -2.02. The van der Waals surface area contributed by atoms with Gasteiger partial charge in [0, 0.05) is 11.6 Å². The Kier molecular flexibility index (Phi) is 2.02. The third-order valence-electron chi connectivity index (χ3n) is 2.61. The van der Waals surface area contributed by atoms with Crippen molar-refractivity contribution in [3.8, 4) is 6.01 Å². The van der Waals surface area contributed by atoms with Gasteiger partial charge in [-0.15, -0.1) is 0 Å². The van der Waals surface area contributed by atoms with Crippen molar-refractivity contribution >= 4 is 10.9 Å². The highest BCUT2D eigenvalue weighted by Gasteiger charge is 2.22. The molecule has 3 rings (SSSR count). The Balaban J connectivity index is 1.84. The van der Waals surface area contributed by atoms with Gasteiger partial charge in [-0.3, -0.25) is 0 Å². The van der Waals surface area contributed by atoms with Crippen LogP contribution in [0.25, 0.3) is 10.9 Å². The topological polar surface area (TPSA) is 35.0 Å². The molecule has 76 valence electrons. The average molecular weight is 200 g/mol. The normalized spacial score (nSPS) is 15.5. The molecule has 1 heterocycles. The lowest BCUT2D eigenvalue weighted by Gasteiger charge is -2.03. The first kappa shape index (κ1) is 8.65. The van der Waals surface area contributed by atoms with Crippen molar-refractivity contribution in [2.45, 2.75) is 12.8 Å². The molecule has 0 radical (unpaired) electrons. The van der Waals surface area contributed by atoms with Gasteiger partial charge < -0.3 is 4.74 Å². The fraction of sp³-hybridized carbons (Fsp3) is 0.333. The molecule has 0 unspecified atom stereocenters. The van der Waals surface area contributed by atoms with E-state index in [4.69, 9.17) is 4.74 Å². The second-order valence-corrected chi connectivity index (χ2v) is 3.97. The van der Waals surface area contributed by atoms with Gasteiger partial charge in [0.1, 0.15) is 0 Å². The van der Waals surface area contributed by atoms with Gasteiger partial charge in [0.05, 0.1) is 12.1 Å².